The van der Waals surface area contributed by atoms with E-state index < -0.39 is 32.5 Å². The Labute approximate surface area is 120 Å². The molecule has 1 aromatic carbocycles. The molecule has 0 aromatic heterocycles. The summed E-state index contributed by atoms with van der Waals surface area (Å²) in [6.07, 6.45) is -4.57. The highest BCUT2D eigenvalue weighted by Gasteiger charge is 2.35. The fourth-order valence-electron chi connectivity index (χ4n) is 1.61. The van der Waals surface area contributed by atoms with Gasteiger partial charge < -0.3 is 4.74 Å². The van der Waals surface area contributed by atoms with Gasteiger partial charge in [0.2, 0.25) is 10.0 Å². The number of hydrogen-bond donors (Lipinski definition) is 0. The normalized spacial score (nSPS) is 12.9. The first kappa shape index (κ1) is 17.9. The van der Waals surface area contributed by atoms with E-state index in [1.165, 1.54) is 14.2 Å². The van der Waals surface area contributed by atoms with Crippen molar-refractivity contribution in [3.63, 3.8) is 0 Å². The number of alkyl halides is 3. The SMILES string of the molecule is COCCCN(C)S(=O)(=O)c1ccc(F)c(C(F)(F)F)c1. The lowest BCUT2D eigenvalue weighted by Gasteiger charge is -2.18. The van der Waals surface area contributed by atoms with E-state index in [2.05, 4.69) is 0 Å². The minimum absolute atomic E-state index is 0.0783. The summed E-state index contributed by atoms with van der Waals surface area (Å²) in [5.41, 5.74) is -1.60. The zero-order chi connectivity index (χ0) is 16.3. The fourth-order valence-corrected chi connectivity index (χ4v) is 2.85. The number of halogens is 4. The first-order valence-corrected chi connectivity index (χ1v) is 7.36. The number of benzene rings is 1. The summed E-state index contributed by atoms with van der Waals surface area (Å²) in [6, 6.07) is 1.61. The summed E-state index contributed by atoms with van der Waals surface area (Å²) in [6.45, 7) is 0.395. The number of hydrogen-bond acceptors (Lipinski definition) is 3. The third kappa shape index (κ3) is 4.39. The monoisotopic (exact) mass is 329 g/mol. The minimum Gasteiger partial charge on any atom is -0.385 e. The van der Waals surface area contributed by atoms with Crippen molar-refractivity contribution in [1.29, 1.82) is 0 Å². The highest BCUT2D eigenvalue weighted by molar-refractivity contribution is 7.89. The van der Waals surface area contributed by atoms with Crippen molar-refractivity contribution in [3.05, 3.63) is 29.6 Å². The van der Waals surface area contributed by atoms with Gasteiger partial charge in [0, 0.05) is 27.3 Å². The standard InChI is InChI=1S/C12H15F4NO3S/c1-17(6-3-7-20-2)21(18,19)9-4-5-11(13)10(8-9)12(14,15)16/h4-5,8H,3,6-7H2,1-2H3. The van der Waals surface area contributed by atoms with Crippen LogP contribution in [0.4, 0.5) is 17.6 Å². The molecule has 9 heteroatoms. The third-order valence-corrected chi connectivity index (χ3v) is 4.63. The Kier molecular flexibility index (Phi) is 5.71. The third-order valence-electron chi connectivity index (χ3n) is 2.77. The second-order valence-electron chi connectivity index (χ2n) is 4.31. The van der Waals surface area contributed by atoms with Gasteiger partial charge in [-0.05, 0) is 24.6 Å². The quantitative estimate of drug-likeness (QED) is 0.595. The van der Waals surface area contributed by atoms with Crippen LogP contribution in [-0.4, -0.2) is 40.0 Å². The topological polar surface area (TPSA) is 46.6 Å². The van der Waals surface area contributed by atoms with Gasteiger partial charge in [-0.2, -0.15) is 13.2 Å². The molecule has 0 aliphatic rings. The molecule has 0 N–H and O–H groups in total. The van der Waals surface area contributed by atoms with Crippen LogP contribution in [0.15, 0.2) is 23.1 Å². The molecule has 0 unspecified atom stereocenters. The Morgan fingerprint density at radius 2 is 1.90 bits per heavy atom. The lowest BCUT2D eigenvalue weighted by Crippen LogP contribution is -2.29. The van der Waals surface area contributed by atoms with E-state index in [0.29, 0.717) is 25.2 Å². The number of methoxy groups -OCH3 is 1. The molecular weight excluding hydrogens is 314 g/mol. The van der Waals surface area contributed by atoms with Crippen molar-refractivity contribution in [3.8, 4) is 0 Å². The molecule has 0 aliphatic carbocycles. The number of nitrogens with zero attached hydrogens (tertiary/aromatic N) is 1. The average Bonchev–Trinajstić information content (AvgIpc) is 2.37. The molecule has 120 valence electrons. The molecule has 1 rings (SSSR count). The predicted molar refractivity (Wildman–Crippen MR) is 67.7 cm³/mol. The molecule has 0 saturated heterocycles. The zero-order valence-corrected chi connectivity index (χ0v) is 12.3. The fraction of sp³-hybridized carbons (Fsp3) is 0.500. The molecule has 0 heterocycles. The summed E-state index contributed by atoms with van der Waals surface area (Å²) in [4.78, 5) is -0.601. The summed E-state index contributed by atoms with van der Waals surface area (Å²) in [5.74, 6) is -1.51. The van der Waals surface area contributed by atoms with Crippen LogP contribution in [-0.2, 0) is 20.9 Å². The van der Waals surface area contributed by atoms with E-state index in [4.69, 9.17) is 4.74 Å². The maximum absolute atomic E-state index is 13.2. The Bertz CT molecular complexity index is 587. The molecule has 0 spiro atoms. The van der Waals surface area contributed by atoms with Gasteiger partial charge in [0.05, 0.1) is 10.5 Å². The minimum atomic E-state index is -4.95. The van der Waals surface area contributed by atoms with Gasteiger partial charge in [0.25, 0.3) is 0 Å². The highest BCUT2D eigenvalue weighted by atomic mass is 32.2. The zero-order valence-electron chi connectivity index (χ0n) is 11.4. The van der Waals surface area contributed by atoms with Gasteiger partial charge in [-0.3, -0.25) is 0 Å². The Hall–Kier alpha value is -1.19. The number of sulfonamides is 1. The van der Waals surface area contributed by atoms with Crippen LogP contribution < -0.4 is 0 Å². The van der Waals surface area contributed by atoms with Crippen LogP contribution in [0.1, 0.15) is 12.0 Å². The summed E-state index contributed by atoms with van der Waals surface area (Å²) >= 11 is 0. The van der Waals surface area contributed by atoms with Gasteiger partial charge in [0.1, 0.15) is 5.82 Å². The lowest BCUT2D eigenvalue weighted by atomic mass is 10.2. The van der Waals surface area contributed by atoms with Crippen molar-refractivity contribution >= 4 is 10.0 Å². The second kappa shape index (κ2) is 6.71. The van der Waals surface area contributed by atoms with Crippen LogP contribution in [0.2, 0.25) is 0 Å². The molecule has 4 nitrogen and oxygen atoms in total. The van der Waals surface area contributed by atoms with Gasteiger partial charge >= 0.3 is 6.18 Å². The molecule has 0 radical (unpaired) electrons. The van der Waals surface area contributed by atoms with Crippen LogP contribution in [0.25, 0.3) is 0 Å². The molecule has 0 saturated carbocycles. The number of rotatable bonds is 6. The molecule has 0 amide bonds. The Balaban J connectivity index is 3.09. The second-order valence-corrected chi connectivity index (χ2v) is 6.36. The van der Waals surface area contributed by atoms with Gasteiger partial charge in [-0.15, -0.1) is 0 Å². The summed E-state index contributed by atoms with van der Waals surface area (Å²) in [5, 5.41) is 0. The smallest absolute Gasteiger partial charge is 0.385 e. The maximum Gasteiger partial charge on any atom is 0.419 e. The Morgan fingerprint density at radius 3 is 2.43 bits per heavy atom. The van der Waals surface area contributed by atoms with Crippen LogP contribution in [0.3, 0.4) is 0 Å². The maximum atomic E-state index is 13.2. The molecular formula is C12H15F4NO3S. The van der Waals surface area contributed by atoms with Crippen molar-refractivity contribution in [2.24, 2.45) is 0 Å². The van der Waals surface area contributed by atoms with E-state index in [0.717, 1.165) is 10.4 Å². The van der Waals surface area contributed by atoms with Gasteiger partial charge in [0.15, 0.2) is 0 Å². The van der Waals surface area contributed by atoms with E-state index in [9.17, 15) is 26.0 Å². The van der Waals surface area contributed by atoms with Crippen LogP contribution in [0.5, 0.6) is 0 Å². The predicted octanol–water partition coefficient (Wildman–Crippen LogP) is 2.50. The van der Waals surface area contributed by atoms with Crippen molar-refractivity contribution in [1.82, 2.24) is 4.31 Å². The number of ether oxygens (including phenoxy) is 1. The molecule has 1 aromatic rings. The molecule has 0 atom stereocenters. The highest BCUT2D eigenvalue weighted by Crippen LogP contribution is 2.33. The van der Waals surface area contributed by atoms with Crippen molar-refractivity contribution < 1.29 is 30.7 Å². The Morgan fingerprint density at radius 1 is 1.29 bits per heavy atom. The molecule has 21 heavy (non-hydrogen) atoms. The van der Waals surface area contributed by atoms with E-state index in [-0.39, 0.29) is 6.54 Å². The van der Waals surface area contributed by atoms with Gasteiger partial charge in [-0.25, -0.2) is 17.1 Å². The first-order chi connectivity index (χ1) is 9.60. The largest absolute Gasteiger partial charge is 0.419 e. The lowest BCUT2D eigenvalue weighted by molar-refractivity contribution is -0.140. The van der Waals surface area contributed by atoms with E-state index in [1.807, 2.05) is 0 Å². The van der Waals surface area contributed by atoms with Crippen LogP contribution >= 0.6 is 0 Å². The summed E-state index contributed by atoms with van der Waals surface area (Å²) in [7, 11) is -1.42. The molecule has 0 fully saturated rings. The summed E-state index contributed by atoms with van der Waals surface area (Å²) < 4.78 is 80.9. The van der Waals surface area contributed by atoms with Crippen molar-refractivity contribution in [2.75, 3.05) is 27.3 Å². The molecule has 0 bridgehead atoms. The van der Waals surface area contributed by atoms with Crippen LogP contribution in [0, 0.1) is 5.82 Å². The molecule has 0 aliphatic heterocycles. The van der Waals surface area contributed by atoms with E-state index in [1.54, 1.807) is 0 Å². The van der Waals surface area contributed by atoms with E-state index >= 15 is 0 Å². The van der Waals surface area contributed by atoms with Gasteiger partial charge in [-0.1, -0.05) is 0 Å². The van der Waals surface area contributed by atoms with Crippen molar-refractivity contribution in [2.45, 2.75) is 17.5 Å². The first-order valence-electron chi connectivity index (χ1n) is 5.92. The average molecular weight is 329 g/mol.